The average molecular weight is 478 g/mol. The van der Waals surface area contributed by atoms with E-state index in [4.69, 9.17) is 9.72 Å². The third kappa shape index (κ3) is 6.33. The Labute approximate surface area is 202 Å². The maximum Gasteiger partial charge on any atom is 0.229 e. The summed E-state index contributed by atoms with van der Waals surface area (Å²) in [6.07, 6.45) is 4.79. The van der Waals surface area contributed by atoms with Crippen molar-refractivity contribution >= 4 is 44.4 Å². The van der Waals surface area contributed by atoms with Crippen LogP contribution in [0.25, 0.3) is 10.2 Å². The molecule has 0 spiro atoms. The van der Waals surface area contributed by atoms with Gasteiger partial charge in [0.1, 0.15) is 5.75 Å². The molecule has 2 aromatic carbocycles. The van der Waals surface area contributed by atoms with Gasteiger partial charge in [0.2, 0.25) is 5.91 Å². The molecule has 0 atom stereocenters. The van der Waals surface area contributed by atoms with E-state index in [1.54, 1.807) is 29.1 Å². The summed E-state index contributed by atoms with van der Waals surface area (Å²) in [7, 11) is 0. The molecule has 0 N–H and O–H groups in total. The molecule has 0 unspecified atom stereocenters. The molecule has 4 aromatic rings. The monoisotopic (exact) mass is 477 g/mol. The van der Waals surface area contributed by atoms with Crippen LogP contribution in [0.3, 0.4) is 0 Å². The third-order valence-electron chi connectivity index (χ3n) is 5.11. The van der Waals surface area contributed by atoms with Crippen LogP contribution >= 0.6 is 23.1 Å². The van der Waals surface area contributed by atoms with Gasteiger partial charge in [0.05, 0.1) is 23.4 Å². The summed E-state index contributed by atoms with van der Waals surface area (Å²) < 4.78 is 6.64. The molecule has 0 radical (unpaired) electrons. The van der Waals surface area contributed by atoms with E-state index in [-0.39, 0.29) is 5.91 Å². The van der Waals surface area contributed by atoms with Crippen LogP contribution in [-0.4, -0.2) is 28.2 Å². The summed E-state index contributed by atoms with van der Waals surface area (Å²) in [4.78, 5) is 25.2. The number of hydrogen-bond acceptors (Lipinski definition) is 6. The minimum absolute atomic E-state index is 0.0837. The van der Waals surface area contributed by atoms with Gasteiger partial charge in [0.25, 0.3) is 0 Å². The van der Waals surface area contributed by atoms with E-state index in [1.165, 1.54) is 21.8 Å². The number of rotatable bonds is 10. The lowest BCUT2D eigenvalue weighted by Crippen LogP contribution is -2.30. The van der Waals surface area contributed by atoms with Gasteiger partial charge >= 0.3 is 0 Å². The molecule has 4 rings (SSSR count). The fourth-order valence-corrected chi connectivity index (χ4v) is 5.24. The van der Waals surface area contributed by atoms with E-state index in [9.17, 15) is 4.79 Å². The van der Waals surface area contributed by atoms with Gasteiger partial charge in [-0.2, -0.15) is 0 Å². The molecular weight excluding hydrogens is 450 g/mol. The SMILES string of the molecule is CCOc1ccc2nc(N(Cc3ccncc3)C(=O)CCCSc3ccc(C)cc3)sc2c1. The normalized spacial score (nSPS) is 11.0. The highest BCUT2D eigenvalue weighted by Crippen LogP contribution is 2.33. The first-order chi connectivity index (χ1) is 16.1. The van der Waals surface area contributed by atoms with Crippen molar-refractivity contribution in [3.05, 3.63) is 78.1 Å². The second-order valence-corrected chi connectivity index (χ2v) is 9.84. The summed E-state index contributed by atoms with van der Waals surface area (Å²) in [5.41, 5.74) is 3.16. The smallest absolute Gasteiger partial charge is 0.229 e. The maximum atomic E-state index is 13.3. The number of amides is 1. The molecule has 0 aliphatic rings. The molecule has 0 saturated carbocycles. The molecule has 2 heterocycles. The van der Waals surface area contributed by atoms with Crippen LogP contribution in [0.1, 0.15) is 30.9 Å². The van der Waals surface area contributed by atoms with Gasteiger partial charge in [0.15, 0.2) is 5.13 Å². The molecule has 0 saturated heterocycles. The van der Waals surface area contributed by atoms with E-state index < -0.39 is 0 Å². The summed E-state index contributed by atoms with van der Waals surface area (Å²) in [6, 6.07) is 18.3. The molecule has 1 amide bonds. The first-order valence-electron chi connectivity index (χ1n) is 11.0. The van der Waals surface area contributed by atoms with Crippen molar-refractivity contribution in [3.8, 4) is 5.75 Å². The molecule has 0 aliphatic heterocycles. The first kappa shape index (κ1) is 23.3. The number of hydrogen-bond donors (Lipinski definition) is 0. The Bertz CT molecular complexity index is 1190. The van der Waals surface area contributed by atoms with Crippen molar-refractivity contribution in [2.24, 2.45) is 0 Å². The Morgan fingerprint density at radius 1 is 1.09 bits per heavy atom. The van der Waals surface area contributed by atoms with Crippen molar-refractivity contribution in [1.29, 1.82) is 0 Å². The molecule has 0 aliphatic carbocycles. The number of carbonyl (C=O) groups excluding carboxylic acids is 1. The molecule has 0 fully saturated rings. The summed E-state index contributed by atoms with van der Waals surface area (Å²) >= 11 is 3.31. The Hall–Kier alpha value is -2.90. The number of aryl methyl sites for hydroxylation is 1. The van der Waals surface area contributed by atoms with Crippen LogP contribution in [0.4, 0.5) is 5.13 Å². The second kappa shape index (κ2) is 11.3. The number of carbonyl (C=O) groups is 1. The summed E-state index contributed by atoms with van der Waals surface area (Å²) in [5, 5.41) is 0.714. The van der Waals surface area contributed by atoms with Gasteiger partial charge in [-0.1, -0.05) is 29.0 Å². The number of benzene rings is 2. The van der Waals surface area contributed by atoms with Gasteiger partial charge in [-0.3, -0.25) is 14.7 Å². The number of anilines is 1. The Balaban J connectivity index is 1.47. The Kier molecular flexibility index (Phi) is 7.96. The van der Waals surface area contributed by atoms with Crippen LogP contribution in [-0.2, 0) is 11.3 Å². The zero-order chi connectivity index (χ0) is 23.0. The van der Waals surface area contributed by atoms with Gasteiger partial charge in [-0.25, -0.2) is 4.98 Å². The lowest BCUT2D eigenvalue weighted by atomic mass is 10.2. The number of thioether (sulfide) groups is 1. The predicted molar refractivity (Wildman–Crippen MR) is 137 cm³/mol. The number of ether oxygens (including phenoxy) is 1. The second-order valence-electron chi connectivity index (χ2n) is 7.66. The topological polar surface area (TPSA) is 55.3 Å². The van der Waals surface area contributed by atoms with Crippen molar-refractivity contribution in [3.63, 3.8) is 0 Å². The number of nitrogens with zero attached hydrogens (tertiary/aromatic N) is 3. The lowest BCUT2D eigenvalue weighted by Gasteiger charge is -2.20. The summed E-state index contributed by atoms with van der Waals surface area (Å²) in [6.45, 7) is 5.15. The maximum absolute atomic E-state index is 13.3. The highest BCUT2D eigenvalue weighted by molar-refractivity contribution is 7.99. The molecule has 0 bridgehead atoms. The summed E-state index contributed by atoms with van der Waals surface area (Å²) in [5.74, 6) is 1.80. The van der Waals surface area contributed by atoms with E-state index >= 15 is 0 Å². The zero-order valence-corrected chi connectivity index (χ0v) is 20.5. The van der Waals surface area contributed by atoms with Crippen molar-refractivity contribution in [2.75, 3.05) is 17.3 Å². The minimum atomic E-state index is 0.0837. The van der Waals surface area contributed by atoms with Crippen molar-refractivity contribution in [2.45, 2.75) is 38.1 Å². The first-order valence-corrected chi connectivity index (χ1v) is 12.8. The number of thiazole rings is 1. The van der Waals surface area contributed by atoms with Gasteiger partial charge in [-0.15, -0.1) is 11.8 Å². The van der Waals surface area contributed by atoms with E-state index in [0.717, 1.165) is 33.7 Å². The van der Waals surface area contributed by atoms with E-state index in [0.29, 0.717) is 24.7 Å². The van der Waals surface area contributed by atoms with E-state index in [2.05, 4.69) is 36.2 Å². The van der Waals surface area contributed by atoms with E-state index in [1.807, 2.05) is 37.3 Å². The van der Waals surface area contributed by atoms with Crippen LogP contribution < -0.4 is 9.64 Å². The van der Waals surface area contributed by atoms with Gasteiger partial charge in [-0.05, 0) is 74.0 Å². The molecule has 170 valence electrons. The van der Waals surface area contributed by atoms with Crippen molar-refractivity contribution < 1.29 is 9.53 Å². The standard InChI is InChI=1S/C26H27N3O2S2/c1-3-31-21-8-11-23-24(17-21)33-26(28-23)29(18-20-12-14-27-15-13-20)25(30)5-4-16-32-22-9-6-19(2)7-10-22/h6-15,17H,3-5,16,18H2,1-2H3. The molecule has 5 nitrogen and oxygen atoms in total. The molecule has 33 heavy (non-hydrogen) atoms. The zero-order valence-electron chi connectivity index (χ0n) is 18.9. The fourth-order valence-electron chi connectivity index (χ4n) is 3.38. The number of aromatic nitrogens is 2. The predicted octanol–water partition coefficient (Wildman–Crippen LogP) is 6.50. The van der Waals surface area contributed by atoms with Gasteiger partial charge < -0.3 is 4.74 Å². The highest BCUT2D eigenvalue weighted by Gasteiger charge is 2.20. The number of pyridine rings is 1. The largest absolute Gasteiger partial charge is 0.494 e. The molecule has 2 aromatic heterocycles. The highest BCUT2D eigenvalue weighted by atomic mass is 32.2. The van der Waals surface area contributed by atoms with Crippen molar-refractivity contribution in [1.82, 2.24) is 9.97 Å². The Morgan fingerprint density at radius 3 is 2.64 bits per heavy atom. The van der Waals surface area contributed by atoms with Crippen LogP contribution in [0, 0.1) is 6.92 Å². The van der Waals surface area contributed by atoms with Gasteiger partial charge in [0, 0.05) is 23.7 Å². The number of fused-ring (bicyclic) bond motifs is 1. The van der Waals surface area contributed by atoms with Crippen LogP contribution in [0.2, 0.25) is 0 Å². The minimum Gasteiger partial charge on any atom is -0.494 e. The van der Waals surface area contributed by atoms with Crippen LogP contribution in [0.5, 0.6) is 5.75 Å². The molecule has 7 heteroatoms. The molecular formula is C26H27N3O2S2. The lowest BCUT2D eigenvalue weighted by molar-refractivity contribution is -0.118. The fraction of sp³-hybridized carbons (Fsp3) is 0.269. The van der Waals surface area contributed by atoms with Crippen LogP contribution in [0.15, 0.2) is 71.9 Å². The average Bonchev–Trinajstić information content (AvgIpc) is 3.25. The third-order valence-corrected chi connectivity index (χ3v) is 7.25. The Morgan fingerprint density at radius 2 is 1.88 bits per heavy atom. The quantitative estimate of drug-likeness (QED) is 0.193.